The molecule has 5 rings (SSSR count). The highest BCUT2D eigenvalue weighted by Gasteiger charge is 2.17. The van der Waals surface area contributed by atoms with E-state index in [0.717, 1.165) is 22.3 Å². The summed E-state index contributed by atoms with van der Waals surface area (Å²) in [6, 6.07) is 21.1. The van der Waals surface area contributed by atoms with E-state index in [2.05, 4.69) is 20.5 Å². The van der Waals surface area contributed by atoms with Gasteiger partial charge < -0.3 is 5.32 Å². The van der Waals surface area contributed by atoms with Gasteiger partial charge in [0.15, 0.2) is 0 Å². The van der Waals surface area contributed by atoms with Crippen LogP contribution in [-0.2, 0) is 24.3 Å². The van der Waals surface area contributed by atoms with E-state index in [4.69, 9.17) is 0 Å². The highest BCUT2D eigenvalue weighted by atomic mass is 16.1. The summed E-state index contributed by atoms with van der Waals surface area (Å²) in [7, 11) is 0. The molecule has 2 aromatic carbocycles. The van der Waals surface area contributed by atoms with Crippen molar-refractivity contribution in [1.82, 2.24) is 29.5 Å². The molecule has 3 aromatic heterocycles. The Balaban J connectivity index is 1.45. The molecule has 1 N–H and O–H groups in total. The molecule has 0 bridgehead atoms. The Hall–Kier alpha value is -4.33. The summed E-state index contributed by atoms with van der Waals surface area (Å²) in [5.41, 5.74) is 3.58. The van der Waals surface area contributed by atoms with Crippen molar-refractivity contribution in [2.45, 2.75) is 32.9 Å². The molecule has 0 saturated carbocycles. The third-order valence-corrected chi connectivity index (χ3v) is 5.80. The summed E-state index contributed by atoms with van der Waals surface area (Å²) in [4.78, 5) is 30.0. The van der Waals surface area contributed by atoms with Crippen molar-refractivity contribution in [2.75, 3.05) is 0 Å². The number of hydrogen-bond donors (Lipinski definition) is 1. The number of nitrogens with zero attached hydrogens (tertiary/aromatic N) is 5. The number of fused-ring (bicyclic) bond motifs is 3. The molecule has 0 aliphatic rings. The van der Waals surface area contributed by atoms with E-state index in [9.17, 15) is 9.59 Å². The van der Waals surface area contributed by atoms with Gasteiger partial charge in [0, 0.05) is 19.0 Å². The molecule has 0 atom stereocenters. The second-order valence-corrected chi connectivity index (χ2v) is 8.24. The molecule has 5 aromatic rings. The van der Waals surface area contributed by atoms with Gasteiger partial charge >= 0.3 is 0 Å². The zero-order valence-electron chi connectivity index (χ0n) is 18.8. The number of rotatable bonds is 7. The van der Waals surface area contributed by atoms with E-state index < -0.39 is 0 Å². The van der Waals surface area contributed by atoms with Gasteiger partial charge in [-0.2, -0.15) is 0 Å². The number of aromatic nitrogens is 5. The summed E-state index contributed by atoms with van der Waals surface area (Å²) in [6.45, 7) is 2.79. The molecule has 0 spiro atoms. The van der Waals surface area contributed by atoms with Gasteiger partial charge in [0.25, 0.3) is 5.56 Å². The van der Waals surface area contributed by atoms with Crippen molar-refractivity contribution in [3.8, 4) is 0 Å². The van der Waals surface area contributed by atoms with Crippen LogP contribution in [0.4, 0.5) is 0 Å². The summed E-state index contributed by atoms with van der Waals surface area (Å²) in [6.07, 6.45) is 2.34. The average molecular weight is 453 g/mol. The number of nitrogens with one attached hydrogen (secondary N) is 1. The largest absolute Gasteiger partial charge is 0.350 e. The van der Waals surface area contributed by atoms with Crippen LogP contribution in [0.15, 0.2) is 77.7 Å². The maximum Gasteiger partial charge on any atom is 0.263 e. The van der Waals surface area contributed by atoms with Crippen LogP contribution in [0.2, 0.25) is 0 Å². The van der Waals surface area contributed by atoms with Gasteiger partial charge in [0.05, 0.1) is 29.7 Å². The third-order valence-electron chi connectivity index (χ3n) is 5.80. The monoisotopic (exact) mass is 452 g/mol. The van der Waals surface area contributed by atoms with Gasteiger partial charge in [-0.3, -0.25) is 23.5 Å². The Labute approximate surface area is 195 Å². The summed E-state index contributed by atoms with van der Waals surface area (Å²) >= 11 is 0. The number of benzene rings is 2. The van der Waals surface area contributed by atoms with Crippen LogP contribution in [0.3, 0.4) is 0 Å². The lowest BCUT2D eigenvalue weighted by Crippen LogP contribution is -2.25. The Bertz CT molecular complexity index is 1520. The van der Waals surface area contributed by atoms with Crippen molar-refractivity contribution < 1.29 is 4.79 Å². The van der Waals surface area contributed by atoms with E-state index in [1.165, 1.54) is 0 Å². The number of carbonyl (C=O) groups is 1. The molecule has 1 amide bonds. The maximum absolute atomic E-state index is 13.3. The van der Waals surface area contributed by atoms with Crippen LogP contribution in [0, 0.1) is 6.92 Å². The number of amides is 1. The molecule has 0 aliphatic carbocycles. The molecule has 0 radical (unpaired) electrons. The number of aryl methyl sites for hydroxylation is 2. The van der Waals surface area contributed by atoms with Gasteiger partial charge in [-0.15, -0.1) is 10.2 Å². The molecule has 0 aliphatic heterocycles. The minimum Gasteiger partial charge on any atom is -0.350 e. The quantitative estimate of drug-likeness (QED) is 0.410. The first kappa shape index (κ1) is 21.5. The highest BCUT2D eigenvalue weighted by Crippen LogP contribution is 2.17. The SMILES string of the molecule is Cc1ccc(Cn2c(=O)c3ccccc3n3c(CCC(=O)NCc4ccccn4)nnc23)cc1. The molecule has 0 unspecified atom stereocenters. The second kappa shape index (κ2) is 9.27. The standard InChI is InChI=1S/C26H24N6O2/c1-18-9-11-19(12-10-18)17-31-25(34)21-7-2-3-8-22(21)32-23(29-30-26(31)32)13-14-24(33)28-16-20-6-4-5-15-27-20/h2-12,15H,13-14,16-17H2,1H3,(H,28,33). The van der Waals surface area contributed by atoms with Crippen LogP contribution in [-0.4, -0.2) is 30.1 Å². The van der Waals surface area contributed by atoms with E-state index in [1.54, 1.807) is 10.8 Å². The zero-order valence-corrected chi connectivity index (χ0v) is 18.8. The normalized spacial score (nSPS) is 11.2. The number of pyridine rings is 1. The number of carbonyl (C=O) groups excluding carboxylic acids is 1. The van der Waals surface area contributed by atoms with Gasteiger partial charge in [-0.05, 0) is 36.8 Å². The van der Waals surface area contributed by atoms with Crippen molar-refractivity contribution in [3.05, 3.63) is 106 Å². The fourth-order valence-corrected chi connectivity index (χ4v) is 4.00. The summed E-state index contributed by atoms with van der Waals surface area (Å²) < 4.78 is 3.53. The third kappa shape index (κ3) is 4.30. The minimum absolute atomic E-state index is 0.0975. The summed E-state index contributed by atoms with van der Waals surface area (Å²) in [5.74, 6) is 1.00. The molecule has 0 saturated heterocycles. The van der Waals surface area contributed by atoms with Gasteiger partial charge in [0.1, 0.15) is 5.82 Å². The van der Waals surface area contributed by atoms with Crippen LogP contribution in [0.5, 0.6) is 0 Å². The smallest absolute Gasteiger partial charge is 0.263 e. The van der Waals surface area contributed by atoms with Crippen LogP contribution in [0.25, 0.3) is 16.7 Å². The van der Waals surface area contributed by atoms with Gasteiger partial charge in [0.2, 0.25) is 11.7 Å². The van der Waals surface area contributed by atoms with Crippen LogP contribution >= 0.6 is 0 Å². The fraction of sp³-hybridized carbons (Fsp3) is 0.192. The van der Waals surface area contributed by atoms with E-state index in [1.807, 2.05) is 78.1 Å². The van der Waals surface area contributed by atoms with Crippen molar-refractivity contribution in [2.24, 2.45) is 0 Å². The molecule has 8 nitrogen and oxygen atoms in total. The second-order valence-electron chi connectivity index (χ2n) is 8.24. The Morgan fingerprint density at radius 3 is 2.56 bits per heavy atom. The van der Waals surface area contributed by atoms with Crippen molar-refractivity contribution >= 4 is 22.6 Å². The fourth-order valence-electron chi connectivity index (χ4n) is 4.00. The van der Waals surface area contributed by atoms with Gasteiger partial charge in [-0.25, -0.2) is 0 Å². The number of para-hydroxylation sites is 1. The Kier molecular flexibility index (Phi) is 5.86. The lowest BCUT2D eigenvalue weighted by atomic mass is 10.1. The molecule has 3 heterocycles. The predicted octanol–water partition coefficient (Wildman–Crippen LogP) is 3.04. The van der Waals surface area contributed by atoms with Crippen LogP contribution in [0.1, 0.15) is 29.1 Å². The number of hydrogen-bond acceptors (Lipinski definition) is 5. The lowest BCUT2D eigenvalue weighted by molar-refractivity contribution is -0.121. The first-order chi connectivity index (χ1) is 16.6. The van der Waals surface area contributed by atoms with Crippen LogP contribution < -0.4 is 10.9 Å². The van der Waals surface area contributed by atoms with E-state index >= 15 is 0 Å². The Morgan fingerprint density at radius 2 is 1.76 bits per heavy atom. The first-order valence-electron chi connectivity index (χ1n) is 11.2. The predicted molar refractivity (Wildman–Crippen MR) is 129 cm³/mol. The lowest BCUT2D eigenvalue weighted by Gasteiger charge is -2.12. The van der Waals surface area contributed by atoms with E-state index in [-0.39, 0.29) is 17.9 Å². The molecule has 0 fully saturated rings. The van der Waals surface area contributed by atoms with E-state index in [0.29, 0.717) is 36.5 Å². The molecule has 170 valence electrons. The summed E-state index contributed by atoms with van der Waals surface area (Å²) in [5, 5.41) is 12.2. The first-order valence-corrected chi connectivity index (χ1v) is 11.2. The topological polar surface area (TPSA) is 94.2 Å². The molecule has 34 heavy (non-hydrogen) atoms. The molecular formula is C26H24N6O2. The molecule has 8 heteroatoms. The highest BCUT2D eigenvalue weighted by molar-refractivity contribution is 5.80. The van der Waals surface area contributed by atoms with Gasteiger partial charge in [-0.1, -0.05) is 48.0 Å². The molecular weight excluding hydrogens is 428 g/mol. The minimum atomic E-state index is -0.115. The van der Waals surface area contributed by atoms with Crippen molar-refractivity contribution in [1.29, 1.82) is 0 Å². The zero-order chi connectivity index (χ0) is 23.5. The average Bonchev–Trinajstić information content (AvgIpc) is 3.30. The van der Waals surface area contributed by atoms with Crippen molar-refractivity contribution in [3.63, 3.8) is 0 Å². The Morgan fingerprint density at radius 1 is 0.971 bits per heavy atom. The maximum atomic E-state index is 13.3.